The molecule has 2 rings (SSSR count). The largest absolute Gasteiger partial charge is 0.479 e. The summed E-state index contributed by atoms with van der Waals surface area (Å²) in [4.78, 5) is 9.53. The fourth-order valence-corrected chi connectivity index (χ4v) is 1.98. The zero-order valence-electron chi connectivity index (χ0n) is 9.48. The topological polar surface area (TPSA) is 35.0 Å². The van der Waals surface area contributed by atoms with Crippen LogP contribution in [0, 0.1) is 0 Å². The van der Waals surface area contributed by atoms with Crippen molar-refractivity contribution in [2.75, 3.05) is 13.4 Å². The highest BCUT2D eigenvalue weighted by Gasteiger charge is 2.09. The summed E-state index contributed by atoms with van der Waals surface area (Å²) in [6.07, 6.45) is 3.51. The van der Waals surface area contributed by atoms with E-state index < -0.39 is 0 Å². The molecule has 17 heavy (non-hydrogen) atoms. The van der Waals surface area contributed by atoms with Crippen LogP contribution in [-0.2, 0) is 0 Å². The summed E-state index contributed by atoms with van der Waals surface area (Å²) in [7, 11) is 1.57. The predicted molar refractivity (Wildman–Crippen MR) is 70.8 cm³/mol. The number of thioether (sulfide) groups is 1. The van der Waals surface area contributed by atoms with Gasteiger partial charge in [0.25, 0.3) is 0 Å². The smallest absolute Gasteiger partial charge is 0.240 e. The van der Waals surface area contributed by atoms with Crippen molar-refractivity contribution in [1.82, 2.24) is 9.97 Å². The van der Waals surface area contributed by atoms with Crippen molar-refractivity contribution in [3.63, 3.8) is 0 Å². The summed E-state index contributed by atoms with van der Waals surface area (Å²) in [6, 6.07) is 8.02. The van der Waals surface area contributed by atoms with Gasteiger partial charge in [-0.3, -0.25) is 0 Å². The Balaban J connectivity index is 2.47. The van der Waals surface area contributed by atoms with Gasteiger partial charge in [-0.2, -0.15) is 0 Å². The van der Waals surface area contributed by atoms with Gasteiger partial charge in [0.05, 0.1) is 13.3 Å². The summed E-state index contributed by atoms with van der Waals surface area (Å²) in [6.45, 7) is 0. The van der Waals surface area contributed by atoms with Crippen LogP contribution in [0.2, 0.25) is 5.15 Å². The van der Waals surface area contributed by atoms with Gasteiger partial charge in [0, 0.05) is 10.5 Å². The van der Waals surface area contributed by atoms with Crippen LogP contribution in [0.5, 0.6) is 5.88 Å². The predicted octanol–water partition coefficient (Wildman–Crippen LogP) is 3.53. The van der Waals surface area contributed by atoms with E-state index >= 15 is 0 Å². The molecule has 0 unspecified atom stereocenters. The summed E-state index contributed by atoms with van der Waals surface area (Å²) in [5.41, 5.74) is 1.60. The van der Waals surface area contributed by atoms with Crippen LogP contribution in [0.1, 0.15) is 0 Å². The number of rotatable bonds is 3. The van der Waals surface area contributed by atoms with E-state index in [4.69, 9.17) is 16.3 Å². The van der Waals surface area contributed by atoms with E-state index in [1.165, 1.54) is 11.1 Å². The molecule has 0 N–H and O–H groups in total. The molecular weight excluding hydrogens is 256 g/mol. The lowest BCUT2D eigenvalue weighted by Gasteiger charge is -2.07. The third kappa shape index (κ3) is 2.70. The first-order chi connectivity index (χ1) is 8.24. The molecular formula is C12H11ClN2OS. The number of aromatic nitrogens is 2. The highest BCUT2D eigenvalue weighted by Crippen LogP contribution is 2.28. The fraction of sp³-hybridized carbons (Fsp3) is 0.167. The first-order valence-corrected chi connectivity index (χ1v) is 6.56. The molecule has 1 aromatic carbocycles. The second-order valence-corrected chi connectivity index (χ2v) is 4.55. The third-order valence-electron chi connectivity index (χ3n) is 2.27. The van der Waals surface area contributed by atoms with E-state index in [1.807, 2.05) is 30.5 Å². The molecule has 1 aromatic heterocycles. The van der Waals surface area contributed by atoms with Crippen LogP contribution in [0.4, 0.5) is 0 Å². The first kappa shape index (κ1) is 12.2. The van der Waals surface area contributed by atoms with E-state index in [2.05, 4.69) is 9.97 Å². The normalized spacial score (nSPS) is 10.3. The molecule has 88 valence electrons. The Morgan fingerprint density at radius 2 is 1.94 bits per heavy atom. The van der Waals surface area contributed by atoms with Crippen LogP contribution >= 0.6 is 23.4 Å². The Hall–Kier alpha value is -1.26. The monoisotopic (exact) mass is 266 g/mol. The second kappa shape index (κ2) is 5.38. The number of benzene rings is 1. The maximum absolute atomic E-state index is 5.85. The molecule has 1 heterocycles. The Labute approximate surface area is 109 Å². The van der Waals surface area contributed by atoms with E-state index in [1.54, 1.807) is 18.9 Å². The maximum atomic E-state index is 5.85. The Kier molecular flexibility index (Phi) is 3.86. The molecule has 0 radical (unpaired) electrons. The molecule has 0 atom stereocenters. The minimum absolute atomic E-state index is 0.356. The van der Waals surface area contributed by atoms with Gasteiger partial charge < -0.3 is 4.74 Å². The van der Waals surface area contributed by atoms with Crippen LogP contribution in [-0.4, -0.2) is 23.3 Å². The number of methoxy groups -OCH3 is 1. The number of halogens is 1. The molecule has 5 heteroatoms. The zero-order chi connectivity index (χ0) is 12.3. The molecule has 3 nitrogen and oxygen atoms in total. The first-order valence-electron chi connectivity index (χ1n) is 4.95. The van der Waals surface area contributed by atoms with Crippen molar-refractivity contribution >= 4 is 23.4 Å². The van der Waals surface area contributed by atoms with Gasteiger partial charge in [0.2, 0.25) is 5.88 Å². The Morgan fingerprint density at radius 1 is 1.24 bits per heavy atom. The lowest BCUT2D eigenvalue weighted by Crippen LogP contribution is -1.94. The van der Waals surface area contributed by atoms with Gasteiger partial charge in [-0.05, 0) is 18.4 Å². The quantitative estimate of drug-likeness (QED) is 0.796. The van der Waals surface area contributed by atoms with Gasteiger partial charge in [0.1, 0.15) is 10.8 Å². The van der Waals surface area contributed by atoms with Crippen LogP contribution in [0.15, 0.2) is 35.4 Å². The van der Waals surface area contributed by atoms with Gasteiger partial charge in [-0.25, -0.2) is 9.97 Å². The minimum atomic E-state index is 0.356. The number of nitrogens with zero attached hydrogens (tertiary/aromatic N) is 2. The summed E-state index contributed by atoms with van der Waals surface area (Å²) >= 11 is 7.54. The van der Waals surface area contributed by atoms with E-state index in [0.29, 0.717) is 16.7 Å². The second-order valence-electron chi connectivity index (χ2n) is 3.28. The van der Waals surface area contributed by atoms with E-state index in [-0.39, 0.29) is 0 Å². The van der Waals surface area contributed by atoms with Gasteiger partial charge in [-0.1, -0.05) is 23.7 Å². The summed E-state index contributed by atoms with van der Waals surface area (Å²) < 4.78 is 5.17. The number of ether oxygens (including phenoxy) is 1. The summed E-state index contributed by atoms with van der Waals surface area (Å²) in [5.74, 6) is 0.478. The standard InChI is InChI=1S/C12H11ClN2OS/c1-16-12-11(15-10(13)7-14-12)8-3-5-9(17-2)6-4-8/h3-7H,1-2H3. The van der Waals surface area contributed by atoms with Crippen molar-refractivity contribution in [1.29, 1.82) is 0 Å². The van der Waals surface area contributed by atoms with Gasteiger partial charge in [-0.15, -0.1) is 11.8 Å². The molecule has 0 saturated carbocycles. The van der Waals surface area contributed by atoms with Crippen molar-refractivity contribution in [3.8, 4) is 17.1 Å². The molecule has 0 saturated heterocycles. The lowest BCUT2D eigenvalue weighted by molar-refractivity contribution is 0.398. The SMILES string of the molecule is COc1ncc(Cl)nc1-c1ccc(SC)cc1. The molecule has 2 aromatic rings. The fourth-order valence-electron chi connectivity index (χ4n) is 1.44. The van der Waals surface area contributed by atoms with Crippen LogP contribution < -0.4 is 4.74 Å². The molecule has 0 amide bonds. The maximum Gasteiger partial charge on any atom is 0.240 e. The van der Waals surface area contributed by atoms with E-state index in [9.17, 15) is 0 Å². The summed E-state index contributed by atoms with van der Waals surface area (Å²) in [5, 5.41) is 0.356. The lowest BCUT2D eigenvalue weighted by atomic mass is 10.1. The average Bonchev–Trinajstić information content (AvgIpc) is 2.39. The number of hydrogen-bond acceptors (Lipinski definition) is 4. The van der Waals surface area contributed by atoms with Crippen molar-refractivity contribution in [2.24, 2.45) is 0 Å². The minimum Gasteiger partial charge on any atom is -0.479 e. The molecule has 0 fully saturated rings. The molecule has 0 aliphatic carbocycles. The van der Waals surface area contributed by atoms with Crippen LogP contribution in [0.25, 0.3) is 11.3 Å². The van der Waals surface area contributed by atoms with Crippen molar-refractivity contribution in [2.45, 2.75) is 4.90 Å². The van der Waals surface area contributed by atoms with Crippen LogP contribution in [0.3, 0.4) is 0 Å². The number of hydrogen-bond donors (Lipinski definition) is 0. The highest BCUT2D eigenvalue weighted by molar-refractivity contribution is 7.98. The molecule has 0 aliphatic heterocycles. The third-order valence-corrected chi connectivity index (χ3v) is 3.19. The van der Waals surface area contributed by atoms with Gasteiger partial charge in [0.15, 0.2) is 0 Å². The average molecular weight is 267 g/mol. The highest BCUT2D eigenvalue weighted by atomic mass is 35.5. The molecule has 0 bridgehead atoms. The van der Waals surface area contributed by atoms with Gasteiger partial charge >= 0.3 is 0 Å². The Morgan fingerprint density at radius 3 is 2.53 bits per heavy atom. The van der Waals surface area contributed by atoms with Crippen molar-refractivity contribution in [3.05, 3.63) is 35.6 Å². The zero-order valence-corrected chi connectivity index (χ0v) is 11.0. The van der Waals surface area contributed by atoms with E-state index in [0.717, 1.165) is 5.56 Å². The van der Waals surface area contributed by atoms with Crippen molar-refractivity contribution < 1.29 is 4.74 Å². The Bertz CT molecular complexity index is 516. The molecule has 0 spiro atoms. The molecule has 0 aliphatic rings.